The predicted octanol–water partition coefficient (Wildman–Crippen LogP) is 16.6. The number of phosphoric ester groups is 1. The summed E-state index contributed by atoms with van der Waals surface area (Å²) in [4.78, 5) is 35.5. The van der Waals surface area contributed by atoms with Crippen LogP contribution in [0, 0.1) is 0 Å². The van der Waals surface area contributed by atoms with Crippen LogP contribution in [-0.2, 0) is 32.7 Å². The zero-order chi connectivity index (χ0) is 50.6. The van der Waals surface area contributed by atoms with Gasteiger partial charge in [-0.3, -0.25) is 18.6 Å². The Morgan fingerprint density at radius 1 is 0.464 bits per heavy atom. The van der Waals surface area contributed by atoms with E-state index in [-0.39, 0.29) is 32.0 Å². The zero-order valence-corrected chi connectivity index (χ0v) is 45.4. The molecule has 0 fully saturated rings. The first-order chi connectivity index (χ1) is 33.5. The molecule has 0 aromatic heterocycles. The van der Waals surface area contributed by atoms with Gasteiger partial charge in [0, 0.05) is 12.8 Å². The van der Waals surface area contributed by atoms with Gasteiger partial charge >= 0.3 is 19.8 Å². The number of carbonyl (C=O) groups is 2. The number of esters is 2. The maximum absolute atomic E-state index is 12.8. The monoisotopic (exact) mass is 983 g/mol. The second kappa shape index (κ2) is 49.6. The Bertz CT molecular complexity index is 1530. The van der Waals surface area contributed by atoms with E-state index < -0.39 is 26.5 Å². The van der Waals surface area contributed by atoms with Gasteiger partial charge in [-0.05, 0) is 83.5 Å². The molecule has 0 radical (unpaired) electrons. The number of ether oxygens (including phenoxy) is 2. The third-order valence-electron chi connectivity index (χ3n) is 11.1. The summed E-state index contributed by atoms with van der Waals surface area (Å²) in [5, 5.41) is 0. The molecule has 0 heterocycles. The zero-order valence-electron chi connectivity index (χ0n) is 44.5. The summed E-state index contributed by atoms with van der Waals surface area (Å²) in [6.07, 6.45) is 68.6. The normalized spacial score (nSPS) is 14.2. The van der Waals surface area contributed by atoms with Gasteiger partial charge in [-0.1, -0.05) is 213 Å². The lowest BCUT2D eigenvalue weighted by atomic mass is 10.0. The molecule has 0 spiro atoms. The summed E-state index contributed by atoms with van der Waals surface area (Å²) in [5.74, 6) is -0.841. The highest BCUT2D eigenvalue weighted by atomic mass is 31.2. The fourth-order valence-corrected chi connectivity index (χ4v) is 7.63. The lowest BCUT2D eigenvalue weighted by Gasteiger charge is -2.24. The lowest BCUT2D eigenvalue weighted by Crippen LogP contribution is -2.37. The maximum atomic E-state index is 12.8. The Hall–Kier alpha value is -3.33. The number of carbonyl (C=O) groups excluding carboxylic acids is 2. The Labute approximate surface area is 423 Å². The van der Waals surface area contributed by atoms with E-state index in [4.69, 9.17) is 18.5 Å². The fourth-order valence-electron chi connectivity index (χ4n) is 6.89. The molecule has 1 N–H and O–H groups in total. The van der Waals surface area contributed by atoms with Gasteiger partial charge in [0.1, 0.15) is 19.8 Å². The number of likely N-dealkylation sites (N-methyl/N-ethyl adjacent to an activating group) is 1. The lowest BCUT2D eigenvalue weighted by molar-refractivity contribution is -0.870. The molecule has 394 valence electrons. The van der Waals surface area contributed by atoms with Crippen LogP contribution in [0.3, 0.4) is 0 Å². The van der Waals surface area contributed by atoms with Crippen LogP contribution in [0.2, 0.25) is 0 Å². The molecule has 2 unspecified atom stereocenters. The van der Waals surface area contributed by atoms with E-state index in [2.05, 4.69) is 123 Å². The molecule has 0 aromatic carbocycles. The van der Waals surface area contributed by atoms with E-state index >= 15 is 0 Å². The first kappa shape index (κ1) is 65.7. The molecular weight excluding hydrogens is 882 g/mol. The summed E-state index contributed by atoms with van der Waals surface area (Å²) in [6, 6.07) is 0. The van der Waals surface area contributed by atoms with E-state index in [1.165, 1.54) is 70.6 Å². The van der Waals surface area contributed by atoms with Crippen molar-refractivity contribution in [3.05, 3.63) is 109 Å². The second-order valence-electron chi connectivity index (χ2n) is 18.9. The quantitative estimate of drug-likeness (QED) is 0.0211. The van der Waals surface area contributed by atoms with E-state index in [1.807, 2.05) is 21.1 Å². The van der Waals surface area contributed by atoms with Crippen LogP contribution in [0.5, 0.6) is 0 Å². The number of unbranched alkanes of at least 4 members (excludes halogenated alkanes) is 16. The highest BCUT2D eigenvalue weighted by Gasteiger charge is 2.27. The number of allylic oxidation sites excluding steroid dienone is 18. The van der Waals surface area contributed by atoms with Gasteiger partial charge in [0.05, 0.1) is 27.7 Å². The largest absolute Gasteiger partial charge is 0.472 e. The average Bonchev–Trinajstić information content (AvgIpc) is 3.31. The van der Waals surface area contributed by atoms with Crippen molar-refractivity contribution in [3.8, 4) is 0 Å². The summed E-state index contributed by atoms with van der Waals surface area (Å²) < 4.78 is 34.4. The van der Waals surface area contributed by atoms with Crippen LogP contribution in [0.4, 0.5) is 0 Å². The summed E-state index contributed by atoms with van der Waals surface area (Å²) in [6.45, 7) is 4.26. The van der Waals surface area contributed by atoms with Gasteiger partial charge in [0.15, 0.2) is 6.10 Å². The second-order valence-corrected chi connectivity index (χ2v) is 20.3. The van der Waals surface area contributed by atoms with Gasteiger partial charge in [-0.15, -0.1) is 0 Å². The topological polar surface area (TPSA) is 108 Å². The van der Waals surface area contributed by atoms with Gasteiger partial charge in [-0.25, -0.2) is 4.57 Å². The Balaban J connectivity index is 4.29. The summed E-state index contributed by atoms with van der Waals surface area (Å²) in [7, 11) is 1.44. The van der Waals surface area contributed by atoms with Gasteiger partial charge < -0.3 is 18.9 Å². The van der Waals surface area contributed by atoms with Crippen molar-refractivity contribution >= 4 is 19.8 Å². The van der Waals surface area contributed by atoms with E-state index in [9.17, 15) is 19.0 Å². The molecular formula is C59H101NO8P+. The van der Waals surface area contributed by atoms with Crippen LogP contribution < -0.4 is 0 Å². The SMILES string of the molecule is CC/C=C\C/C=C\C/C=C\C/C=C\C/C=C\C/C=C\C/C=C\C/C=C\C/C=C\CCCCCC(=O)OC(COC(=O)CCCCCCCCCCCCCCCC)COP(=O)(O)OCC[N+](C)(C)C. The summed E-state index contributed by atoms with van der Waals surface area (Å²) in [5.41, 5.74) is 0. The van der Waals surface area contributed by atoms with Crippen LogP contribution in [0.25, 0.3) is 0 Å². The molecule has 0 aliphatic rings. The van der Waals surface area contributed by atoms with Gasteiger partial charge in [-0.2, -0.15) is 0 Å². The minimum atomic E-state index is -4.40. The minimum Gasteiger partial charge on any atom is -0.462 e. The van der Waals surface area contributed by atoms with Crippen molar-refractivity contribution < 1.29 is 42.1 Å². The Morgan fingerprint density at radius 3 is 1.23 bits per heavy atom. The fraction of sp³-hybridized carbons (Fsp3) is 0.661. The van der Waals surface area contributed by atoms with Crippen molar-refractivity contribution in [2.24, 2.45) is 0 Å². The van der Waals surface area contributed by atoms with Crippen LogP contribution in [0.15, 0.2) is 109 Å². The number of hydrogen-bond acceptors (Lipinski definition) is 7. The first-order valence-corrected chi connectivity index (χ1v) is 28.6. The number of nitrogens with zero attached hydrogens (tertiary/aromatic N) is 1. The molecule has 0 amide bonds. The van der Waals surface area contributed by atoms with Crippen molar-refractivity contribution in [1.29, 1.82) is 0 Å². The smallest absolute Gasteiger partial charge is 0.462 e. The number of quaternary nitrogens is 1. The Morgan fingerprint density at radius 2 is 0.826 bits per heavy atom. The van der Waals surface area contributed by atoms with E-state index in [0.29, 0.717) is 17.4 Å². The molecule has 10 heteroatoms. The van der Waals surface area contributed by atoms with Crippen LogP contribution in [-0.4, -0.2) is 74.9 Å². The molecule has 0 bridgehead atoms. The first-order valence-electron chi connectivity index (χ1n) is 27.1. The van der Waals surface area contributed by atoms with E-state index in [0.717, 1.165) is 96.3 Å². The van der Waals surface area contributed by atoms with Gasteiger partial charge in [0.2, 0.25) is 0 Å². The van der Waals surface area contributed by atoms with Crippen LogP contribution >= 0.6 is 7.82 Å². The van der Waals surface area contributed by atoms with E-state index in [1.54, 1.807) is 0 Å². The van der Waals surface area contributed by atoms with Crippen LogP contribution in [0.1, 0.15) is 200 Å². The summed E-state index contributed by atoms with van der Waals surface area (Å²) >= 11 is 0. The molecule has 0 aliphatic heterocycles. The number of phosphoric acid groups is 1. The molecule has 0 aliphatic carbocycles. The molecule has 0 rings (SSSR count). The third-order valence-corrected chi connectivity index (χ3v) is 12.1. The Kier molecular flexibility index (Phi) is 47.2. The number of rotatable bonds is 48. The third kappa shape index (κ3) is 53.9. The van der Waals surface area contributed by atoms with Gasteiger partial charge in [0.25, 0.3) is 0 Å². The highest BCUT2D eigenvalue weighted by Crippen LogP contribution is 2.43. The molecule has 69 heavy (non-hydrogen) atoms. The maximum Gasteiger partial charge on any atom is 0.472 e. The van der Waals surface area contributed by atoms with Crippen molar-refractivity contribution in [1.82, 2.24) is 0 Å². The van der Waals surface area contributed by atoms with Crippen molar-refractivity contribution in [2.75, 3.05) is 47.5 Å². The van der Waals surface area contributed by atoms with Crippen molar-refractivity contribution in [2.45, 2.75) is 206 Å². The number of hydrogen-bond donors (Lipinski definition) is 1. The molecule has 2 atom stereocenters. The molecule has 0 saturated heterocycles. The molecule has 0 aromatic rings. The molecule has 0 saturated carbocycles. The molecule has 9 nitrogen and oxygen atoms in total. The minimum absolute atomic E-state index is 0.0201. The average molecular weight is 983 g/mol. The van der Waals surface area contributed by atoms with Crippen molar-refractivity contribution in [3.63, 3.8) is 0 Å². The highest BCUT2D eigenvalue weighted by molar-refractivity contribution is 7.47. The predicted molar refractivity (Wildman–Crippen MR) is 293 cm³/mol. The standard InChI is InChI=1S/C59H100NO8P/c1-6-8-10-12-14-16-18-20-22-23-24-25-26-27-28-29-30-31-32-33-34-35-36-37-38-40-42-44-46-48-50-52-59(62)68-57(56-67-69(63,64)66-54-53-60(3,4)5)55-65-58(61)51-49-47-45-43-41-39-21-19-17-15-13-11-9-7-2/h8,10,14,16,20,22,24-25,27-28,30-31,33-34,36-37,40,42,57H,6-7,9,11-13,15,17-19,21,23,26,29,32,35,38-39,41,43-56H2,1-5H3/p+1/b10-8-,16-14-,22-20-,25-24-,28-27-,31-30-,34-33-,37-36-,42-40-.